The Morgan fingerprint density at radius 2 is 1.83 bits per heavy atom. The molecule has 6 nitrogen and oxygen atoms in total. The van der Waals surface area contributed by atoms with Crippen LogP contribution in [0.2, 0.25) is 10.0 Å². The van der Waals surface area contributed by atoms with Crippen molar-refractivity contribution in [2.24, 2.45) is 0 Å². The molecule has 0 aliphatic rings. The monoisotopic (exact) mass is 446 g/mol. The van der Waals surface area contributed by atoms with Crippen LogP contribution in [0.4, 0.5) is 21.6 Å². The Balaban J connectivity index is 1.86. The Morgan fingerprint density at radius 1 is 1.13 bits per heavy atom. The minimum Gasteiger partial charge on any atom is -0.326 e. The molecule has 0 spiro atoms. The summed E-state index contributed by atoms with van der Waals surface area (Å²) >= 11 is 12.2. The molecule has 30 heavy (non-hydrogen) atoms. The standard InChI is InChI=1S/C21H17Cl2FN4O2/c1-12-8-19(18(24)11-26-12)28(13(2)29)20-9-14(6-7-25-20)27-21(30)10-15-16(22)4-3-5-17(15)23/h3-9,11H,10H2,1-2H3,(H,25,27,30). The van der Waals surface area contributed by atoms with Gasteiger partial charge in [0.1, 0.15) is 5.82 Å². The third kappa shape index (κ3) is 4.93. The maximum Gasteiger partial charge on any atom is 0.229 e. The molecule has 0 bridgehead atoms. The van der Waals surface area contributed by atoms with E-state index in [1.54, 1.807) is 31.2 Å². The second-order valence-electron chi connectivity index (χ2n) is 6.46. The number of anilines is 3. The molecule has 0 fully saturated rings. The van der Waals surface area contributed by atoms with Crippen LogP contribution < -0.4 is 10.2 Å². The van der Waals surface area contributed by atoms with Gasteiger partial charge in [-0.3, -0.25) is 19.5 Å². The minimum atomic E-state index is -0.666. The molecular formula is C21H17Cl2FN4O2. The first-order valence-corrected chi connectivity index (χ1v) is 9.63. The van der Waals surface area contributed by atoms with E-state index in [4.69, 9.17) is 23.2 Å². The molecule has 0 saturated carbocycles. The summed E-state index contributed by atoms with van der Waals surface area (Å²) in [4.78, 5) is 33.9. The van der Waals surface area contributed by atoms with Gasteiger partial charge < -0.3 is 5.32 Å². The first kappa shape index (κ1) is 21.7. The van der Waals surface area contributed by atoms with Crippen LogP contribution in [0.1, 0.15) is 18.2 Å². The molecule has 1 N–H and O–H groups in total. The summed E-state index contributed by atoms with van der Waals surface area (Å²) in [6, 6.07) is 9.47. The molecular weight excluding hydrogens is 430 g/mol. The molecule has 0 aliphatic heterocycles. The van der Waals surface area contributed by atoms with E-state index in [1.807, 2.05) is 0 Å². The van der Waals surface area contributed by atoms with Gasteiger partial charge in [0, 0.05) is 40.6 Å². The lowest BCUT2D eigenvalue weighted by Crippen LogP contribution is -2.25. The summed E-state index contributed by atoms with van der Waals surface area (Å²) in [5.74, 6) is -1.32. The van der Waals surface area contributed by atoms with E-state index in [0.717, 1.165) is 11.1 Å². The number of rotatable bonds is 5. The van der Waals surface area contributed by atoms with Crippen LogP contribution in [-0.4, -0.2) is 21.8 Å². The SMILES string of the molecule is CC(=O)N(c1cc(NC(=O)Cc2c(Cl)cccc2Cl)ccn1)c1cc(C)ncc1F. The smallest absolute Gasteiger partial charge is 0.229 e. The molecule has 154 valence electrons. The summed E-state index contributed by atoms with van der Waals surface area (Å²) in [5.41, 5.74) is 1.45. The normalized spacial score (nSPS) is 10.6. The van der Waals surface area contributed by atoms with Crippen molar-refractivity contribution >= 4 is 52.2 Å². The maximum absolute atomic E-state index is 14.3. The van der Waals surface area contributed by atoms with E-state index >= 15 is 0 Å². The Morgan fingerprint density at radius 3 is 2.50 bits per heavy atom. The van der Waals surface area contributed by atoms with Crippen molar-refractivity contribution in [2.75, 3.05) is 10.2 Å². The average Bonchev–Trinajstić information content (AvgIpc) is 2.68. The van der Waals surface area contributed by atoms with E-state index in [9.17, 15) is 14.0 Å². The van der Waals surface area contributed by atoms with Gasteiger partial charge in [0.15, 0.2) is 5.82 Å². The van der Waals surface area contributed by atoms with Gasteiger partial charge in [-0.25, -0.2) is 9.37 Å². The maximum atomic E-state index is 14.3. The van der Waals surface area contributed by atoms with Crippen LogP contribution in [0.5, 0.6) is 0 Å². The quantitative estimate of drug-likeness (QED) is 0.591. The average molecular weight is 447 g/mol. The number of hydrogen-bond donors (Lipinski definition) is 1. The van der Waals surface area contributed by atoms with Crippen molar-refractivity contribution in [1.82, 2.24) is 9.97 Å². The Kier molecular flexibility index (Phi) is 6.64. The molecule has 0 atom stereocenters. The zero-order valence-electron chi connectivity index (χ0n) is 16.1. The van der Waals surface area contributed by atoms with Crippen LogP contribution in [0.15, 0.2) is 48.8 Å². The molecule has 3 rings (SSSR count). The fraction of sp³-hybridized carbons (Fsp3) is 0.143. The molecule has 0 saturated heterocycles. The van der Waals surface area contributed by atoms with Crippen molar-refractivity contribution in [2.45, 2.75) is 20.3 Å². The number of amides is 2. The van der Waals surface area contributed by atoms with Crippen LogP contribution in [0.25, 0.3) is 0 Å². The molecule has 0 aliphatic carbocycles. The summed E-state index contributed by atoms with van der Waals surface area (Å²) in [7, 11) is 0. The van der Waals surface area contributed by atoms with Gasteiger partial charge in [-0.2, -0.15) is 0 Å². The van der Waals surface area contributed by atoms with Crippen LogP contribution in [0.3, 0.4) is 0 Å². The fourth-order valence-corrected chi connectivity index (χ4v) is 3.37. The topological polar surface area (TPSA) is 75.2 Å². The van der Waals surface area contributed by atoms with E-state index in [1.165, 1.54) is 25.3 Å². The van der Waals surface area contributed by atoms with E-state index in [0.29, 0.717) is 27.0 Å². The third-order valence-corrected chi connectivity index (χ3v) is 4.89. The largest absolute Gasteiger partial charge is 0.326 e. The highest BCUT2D eigenvalue weighted by Crippen LogP contribution is 2.29. The molecule has 3 aromatic rings. The number of aryl methyl sites for hydroxylation is 1. The summed E-state index contributed by atoms with van der Waals surface area (Å²) in [6.07, 6.45) is 2.42. The van der Waals surface area contributed by atoms with Crippen LogP contribution in [0, 0.1) is 12.7 Å². The van der Waals surface area contributed by atoms with Crippen LogP contribution >= 0.6 is 23.2 Å². The van der Waals surface area contributed by atoms with Gasteiger partial charge >= 0.3 is 0 Å². The highest BCUT2D eigenvalue weighted by Gasteiger charge is 2.20. The first-order chi connectivity index (χ1) is 14.3. The number of carbonyl (C=O) groups is 2. The lowest BCUT2D eigenvalue weighted by Gasteiger charge is -2.21. The van der Waals surface area contributed by atoms with Crippen molar-refractivity contribution in [3.05, 3.63) is 75.9 Å². The molecule has 2 heterocycles. The van der Waals surface area contributed by atoms with Gasteiger partial charge in [0.25, 0.3) is 0 Å². The molecule has 9 heteroatoms. The number of nitrogens with zero attached hydrogens (tertiary/aromatic N) is 3. The van der Waals surface area contributed by atoms with Crippen molar-refractivity contribution < 1.29 is 14.0 Å². The number of halogens is 3. The third-order valence-electron chi connectivity index (χ3n) is 4.19. The second kappa shape index (κ2) is 9.19. The predicted octanol–water partition coefficient (Wildman–Crippen LogP) is 5.10. The number of benzene rings is 1. The van der Waals surface area contributed by atoms with Gasteiger partial charge in [-0.05, 0) is 36.8 Å². The number of hydrogen-bond acceptors (Lipinski definition) is 4. The van der Waals surface area contributed by atoms with E-state index in [-0.39, 0.29) is 23.8 Å². The zero-order chi connectivity index (χ0) is 21.8. The first-order valence-electron chi connectivity index (χ1n) is 8.88. The predicted molar refractivity (Wildman–Crippen MR) is 115 cm³/mol. The Labute approximate surface area is 182 Å². The van der Waals surface area contributed by atoms with Gasteiger partial charge in [0.2, 0.25) is 11.8 Å². The minimum absolute atomic E-state index is 0.0221. The summed E-state index contributed by atoms with van der Waals surface area (Å²) < 4.78 is 14.3. The summed E-state index contributed by atoms with van der Waals surface area (Å²) in [6.45, 7) is 2.98. The molecule has 2 amide bonds. The lowest BCUT2D eigenvalue weighted by atomic mass is 10.1. The highest BCUT2D eigenvalue weighted by molar-refractivity contribution is 6.36. The number of carbonyl (C=O) groups excluding carboxylic acids is 2. The highest BCUT2D eigenvalue weighted by atomic mass is 35.5. The number of pyridine rings is 2. The van der Waals surface area contributed by atoms with E-state index in [2.05, 4.69) is 15.3 Å². The number of aromatic nitrogens is 2. The van der Waals surface area contributed by atoms with Gasteiger partial charge in [0.05, 0.1) is 18.3 Å². The number of nitrogens with one attached hydrogen (secondary N) is 1. The van der Waals surface area contributed by atoms with Crippen molar-refractivity contribution in [3.63, 3.8) is 0 Å². The summed E-state index contributed by atoms with van der Waals surface area (Å²) in [5, 5.41) is 3.49. The molecule has 1 aromatic carbocycles. The molecule has 2 aromatic heterocycles. The Bertz CT molecular complexity index is 1100. The van der Waals surface area contributed by atoms with Crippen molar-refractivity contribution in [1.29, 1.82) is 0 Å². The molecule has 0 unspecified atom stereocenters. The van der Waals surface area contributed by atoms with Crippen molar-refractivity contribution in [3.8, 4) is 0 Å². The van der Waals surface area contributed by atoms with E-state index < -0.39 is 11.7 Å². The second-order valence-corrected chi connectivity index (χ2v) is 7.27. The lowest BCUT2D eigenvalue weighted by molar-refractivity contribution is -0.116. The van der Waals surface area contributed by atoms with Gasteiger partial charge in [-0.1, -0.05) is 29.3 Å². The molecule has 0 radical (unpaired) electrons. The Hall–Kier alpha value is -3.03. The zero-order valence-corrected chi connectivity index (χ0v) is 17.6. The van der Waals surface area contributed by atoms with Crippen LogP contribution in [-0.2, 0) is 16.0 Å². The van der Waals surface area contributed by atoms with Gasteiger partial charge in [-0.15, -0.1) is 0 Å². The fourth-order valence-electron chi connectivity index (χ4n) is 2.84.